The normalized spacial score (nSPS) is 16.2. The van der Waals surface area contributed by atoms with Gasteiger partial charge >= 0.3 is 6.09 Å². The van der Waals surface area contributed by atoms with Crippen molar-refractivity contribution in [3.05, 3.63) is 77.7 Å². The molecule has 1 aromatic heterocycles. The van der Waals surface area contributed by atoms with Crippen LogP contribution < -0.4 is 15.1 Å². The van der Waals surface area contributed by atoms with E-state index < -0.39 is 5.60 Å². The van der Waals surface area contributed by atoms with Crippen LogP contribution in [0.4, 0.5) is 21.9 Å². The van der Waals surface area contributed by atoms with Gasteiger partial charge in [0.25, 0.3) is 5.91 Å². The number of carbonyl (C=O) groups excluding carboxylic acids is 3. The van der Waals surface area contributed by atoms with Crippen LogP contribution in [0.3, 0.4) is 0 Å². The van der Waals surface area contributed by atoms with Crippen molar-refractivity contribution in [1.29, 1.82) is 0 Å². The van der Waals surface area contributed by atoms with Crippen molar-refractivity contribution in [3.63, 3.8) is 0 Å². The summed E-state index contributed by atoms with van der Waals surface area (Å²) < 4.78 is 10.8. The van der Waals surface area contributed by atoms with E-state index in [1.807, 2.05) is 32.9 Å². The number of hydrogen-bond donors (Lipinski definition) is 1. The van der Waals surface area contributed by atoms with Crippen LogP contribution >= 0.6 is 0 Å². The van der Waals surface area contributed by atoms with Crippen molar-refractivity contribution in [1.82, 2.24) is 4.90 Å². The average Bonchev–Trinajstić information content (AvgIpc) is 3.53. The first-order chi connectivity index (χ1) is 20.6. The number of nitrogens with one attached hydrogen (secondary N) is 1. The molecule has 0 saturated carbocycles. The van der Waals surface area contributed by atoms with Gasteiger partial charge in [0, 0.05) is 56.9 Å². The Bertz CT molecular complexity index is 1430. The van der Waals surface area contributed by atoms with Gasteiger partial charge in [-0.05, 0) is 88.4 Å². The van der Waals surface area contributed by atoms with E-state index in [1.54, 1.807) is 23.1 Å². The van der Waals surface area contributed by atoms with Crippen LogP contribution in [0.5, 0.6) is 0 Å². The second-order valence-corrected chi connectivity index (χ2v) is 12.5. The molecule has 2 aliphatic heterocycles. The monoisotopic (exact) mass is 586 g/mol. The smallest absolute Gasteiger partial charge is 0.410 e. The standard InChI is InChI=1S/C34H42N4O5/c1-24-8-5-6-9-28(24)36-17-19-37(20-18-36)29-12-11-26(23-27(29)35-32(40)31-10-7-21-42-31)30(39)22-25-13-15-38(16-14-25)33(41)43-34(2,3)4/h5-12,21,23,25H,13-20,22H2,1-4H3,(H,35,40). The summed E-state index contributed by atoms with van der Waals surface area (Å²) in [6.45, 7) is 12.1. The fourth-order valence-electron chi connectivity index (χ4n) is 5.81. The molecule has 3 heterocycles. The van der Waals surface area contributed by atoms with Gasteiger partial charge in [-0.1, -0.05) is 18.2 Å². The van der Waals surface area contributed by atoms with Gasteiger partial charge in [0.1, 0.15) is 5.60 Å². The van der Waals surface area contributed by atoms with E-state index in [0.717, 1.165) is 44.7 Å². The van der Waals surface area contributed by atoms with Gasteiger partial charge in [-0.3, -0.25) is 9.59 Å². The lowest BCUT2D eigenvalue weighted by Gasteiger charge is -2.38. The lowest BCUT2D eigenvalue weighted by Crippen LogP contribution is -2.47. The first kappa shape index (κ1) is 30.2. The van der Waals surface area contributed by atoms with Crippen LogP contribution in [0.25, 0.3) is 0 Å². The zero-order valence-corrected chi connectivity index (χ0v) is 25.6. The number of nitrogens with zero attached hydrogens (tertiary/aromatic N) is 3. The predicted molar refractivity (Wildman–Crippen MR) is 168 cm³/mol. The van der Waals surface area contributed by atoms with E-state index in [4.69, 9.17) is 9.15 Å². The molecule has 2 amide bonds. The minimum absolute atomic E-state index is 0.0279. The molecule has 2 saturated heterocycles. The highest BCUT2D eigenvalue weighted by Gasteiger charge is 2.29. The van der Waals surface area contributed by atoms with Crippen molar-refractivity contribution in [2.75, 3.05) is 54.4 Å². The Hall–Kier alpha value is -4.27. The van der Waals surface area contributed by atoms with E-state index in [9.17, 15) is 14.4 Å². The van der Waals surface area contributed by atoms with E-state index in [1.165, 1.54) is 17.5 Å². The average molecular weight is 587 g/mol. The number of furan rings is 1. The molecule has 1 N–H and O–H groups in total. The van der Waals surface area contributed by atoms with Crippen LogP contribution in [-0.4, -0.2) is 67.6 Å². The molecule has 228 valence electrons. The zero-order chi connectivity index (χ0) is 30.6. The van der Waals surface area contributed by atoms with E-state index in [-0.39, 0.29) is 29.5 Å². The molecule has 2 fully saturated rings. The summed E-state index contributed by atoms with van der Waals surface area (Å²) in [5.74, 6) is 0.0643. The van der Waals surface area contributed by atoms with Crippen molar-refractivity contribution < 1.29 is 23.5 Å². The number of rotatable bonds is 7. The number of hydrogen-bond acceptors (Lipinski definition) is 7. The molecular formula is C34H42N4O5. The van der Waals surface area contributed by atoms with Crippen molar-refractivity contribution in [2.45, 2.75) is 52.6 Å². The predicted octanol–water partition coefficient (Wildman–Crippen LogP) is 6.39. The number of benzene rings is 2. The summed E-state index contributed by atoms with van der Waals surface area (Å²) in [6.07, 6.45) is 3.05. The molecule has 0 unspecified atom stereocenters. The Balaban J connectivity index is 1.27. The molecule has 9 nitrogen and oxygen atoms in total. The topological polar surface area (TPSA) is 95.3 Å². The largest absolute Gasteiger partial charge is 0.459 e. The minimum atomic E-state index is -0.533. The Morgan fingerprint density at radius 3 is 2.19 bits per heavy atom. The number of para-hydroxylation sites is 1. The Morgan fingerprint density at radius 2 is 1.56 bits per heavy atom. The lowest BCUT2D eigenvalue weighted by atomic mass is 9.89. The maximum atomic E-state index is 13.4. The maximum Gasteiger partial charge on any atom is 0.410 e. The number of Topliss-reactive ketones (excluding diaryl/α,β-unsaturated/α-hetero) is 1. The van der Waals surface area contributed by atoms with Gasteiger partial charge < -0.3 is 29.2 Å². The number of anilines is 3. The highest BCUT2D eigenvalue weighted by Crippen LogP contribution is 2.32. The molecule has 0 aliphatic carbocycles. The fraction of sp³-hybridized carbons (Fsp3) is 0.441. The van der Waals surface area contributed by atoms with Gasteiger partial charge in [0.2, 0.25) is 0 Å². The van der Waals surface area contributed by atoms with E-state index >= 15 is 0 Å². The fourth-order valence-corrected chi connectivity index (χ4v) is 5.81. The SMILES string of the molecule is Cc1ccccc1N1CCN(c2ccc(C(=O)CC3CCN(C(=O)OC(C)(C)C)CC3)cc2NC(=O)c2ccco2)CC1. The molecule has 0 bridgehead atoms. The second-order valence-electron chi connectivity index (χ2n) is 12.5. The number of ether oxygens (including phenoxy) is 1. The molecule has 0 atom stereocenters. The molecule has 0 spiro atoms. The van der Waals surface area contributed by atoms with Crippen molar-refractivity contribution in [2.24, 2.45) is 5.92 Å². The third-order valence-electron chi connectivity index (χ3n) is 8.13. The zero-order valence-electron chi connectivity index (χ0n) is 25.6. The number of likely N-dealkylation sites (tertiary alicyclic amines) is 1. The number of carbonyl (C=O) groups is 3. The summed E-state index contributed by atoms with van der Waals surface area (Å²) in [4.78, 5) is 45.2. The van der Waals surface area contributed by atoms with E-state index in [2.05, 4.69) is 46.3 Å². The Labute approximate surface area is 253 Å². The van der Waals surface area contributed by atoms with Crippen LogP contribution in [0.2, 0.25) is 0 Å². The van der Waals surface area contributed by atoms with Crippen LogP contribution in [-0.2, 0) is 4.74 Å². The highest BCUT2D eigenvalue weighted by molar-refractivity contribution is 6.06. The van der Waals surface area contributed by atoms with Crippen molar-refractivity contribution >= 4 is 34.8 Å². The molecule has 2 aliphatic rings. The van der Waals surface area contributed by atoms with Gasteiger partial charge in [-0.15, -0.1) is 0 Å². The number of amides is 2. The summed E-state index contributed by atoms with van der Waals surface area (Å²) >= 11 is 0. The lowest BCUT2D eigenvalue weighted by molar-refractivity contribution is 0.0183. The summed E-state index contributed by atoms with van der Waals surface area (Å²) in [5, 5.41) is 3.00. The summed E-state index contributed by atoms with van der Waals surface area (Å²) in [6, 6.07) is 17.3. The number of ketones is 1. The molecule has 43 heavy (non-hydrogen) atoms. The first-order valence-corrected chi connectivity index (χ1v) is 15.1. The van der Waals surface area contributed by atoms with Crippen LogP contribution in [0.1, 0.15) is 66.5 Å². The molecule has 3 aromatic rings. The van der Waals surface area contributed by atoms with Gasteiger partial charge in [0.15, 0.2) is 11.5 Å². The molecular weight excluding hydrogens is 544 g/mol. The molecule has 2 aromatic carbocycles. The van der Waals surface area contributed by atoms with Gasteiger partial charge in [-0.25, -0.2) is 4.79 Å². The Morgan fingerprint density at radius 1 is 0.884 bits per heavy atom. The molecule has 5 rings (SSSR count). The van der Waals surface area contributed by atoms with E-state index in [0.29, 0.717) is 30.8 Å². The summed E-state index contributed by atoms with van der Waals surface area (Å²) in [7, 11) is 0. The van der Waals surface area contributed by atoms with Gasteiger partial charge in [-0.2, -0.15) is 0 Å². The Kier molecular flexibility index (Phi) is 9.08. The number of piperazine rings is 1. The summed E-state index contributed by atoms with van der Waals surface area (Å²) in [5.41, 5.74) is 4.00. The second kappa shape index (κ2) is 12.9. The van der Waals surface area contributed by atoms with Crippen LogP contribution in [0, 0.1) is 12.8 Å². The van der Waals surface area contributed by atoms with Crippen molar-refractivity contribution in [3.8, 4) is 0 Å². The highest BCUT2D eigenvalue weighted by atomic mass is 16.6. The molecule has 9 heteroatoms. The quantitative estimate of drug-likeness (QED) is 0.321. The maximum absolute atomic E-state index is 13.4. The van der Waals surface area contributed by atoms with Gasteiger partial charge in [0.05, 0.1) is 17.6 Å². The third kappa shape index (κ3) is 7.58. The first-order valence-electron chi connectivity index (χ1n) is 15.1. The number of aryl methyl sites for hydroxylation is 1. The molecule has 0 radical (unpaired) electrons. The number of piperidine rings is 1. The minimum Gasteiger partial charge on any atom is -0.459 e. The third-order valence-corrected chi connectivity index (χ3v) is 8.13. The van der Waals surface area contributed by atoms with Crippen LogP contribution in [0.15, 0.2) is 65.3 Å².